The smallest absolute Gasteiger partial charge is 0.119 e. The van der Waals surface area contributed by atoms with Crippen LogP contribution in [0.3, 0.4) is 0 Å². The lowest BCUT2D eigenvalue weighted by molar-refractivity contribution is 0.115. The van der Waals surface area contributed by atoms with Gasteiger partial charge in [-0.1, -0.05) is 79.2 Å². The molecular formula is C43H55N5O. The SMILES string of the molecule is CC12C=c3ccc([nH]3)=Cc3ccc([nH]3)C=C3C=CC(=N3)C(=Nc3ccc(OCCCCCCCCCC(C)(C)C(C)(C)C)cc3)C(=CC1)N2. The summed E-state index contributed by atoms with van der Waals surface area (Å²) in [6, 6.07) is 16.6. The van der Waals surface area contributed by atoms with Crippen LogP contribution in [-0.2, 0) is 0 Å². The minimum Gasteiger partial charge on any atom is -0.494 e. The number of benzene rings is 1. The van der Waals surface area contributed by atoms with Crippen molar-refractivity contribution in [3.8, 4) is 5.75 Å². The van der Waals surface area contributed by atoms with Crippen LogP contribution in [0.1, 0.15) is 111 Å². The number of ether oxygens (including phenoxy) is 1. The summed E-state index contributed by atoms with van der Waals surface area (Å²) < 4.78 is 6.11. The number of allylic oxidation sites excluding steroid dienone is 3. The summed E-state index contributed by atoms with van der Waals surface area (Å²) in [6.07, 6.45) is 23.9. The van der Waals surface area contributed by atoms with Gasteiger partial charge in [-0.05, 0) is 116 Å². The molecule has 1 atom stereocenters. The number of H-pyrrole nitrogens is 2. The highest BCUT2D eigenvalue weighted by atomic mass is 16.5. The van der Waals surface area contributed by atoms with E-state index in [0.29, 0.717) is 10.8 Å². The lowest BCUT2D eigenvalue weighted by Gasteiger charge is -2.39. The van der Waals surface area contributed by atoms with Crippen molar-refractivity contribution in [3.63, 3.8) is 0 Å². The van der Waals surface area contributed by atoms with E-state index >= 15 is 0 Å². The van der Waals surface area contributed by atoms with E-state index < -0.39 is 0 Å². The number of fused-ring (bicyclic) bond motifs is 7. The van der Waals surface area contributed by atoms with Crippen molar-refractivity contribution < 1.29 is 4.74 Å². The molecule has 0 aliphatic carbocycles. The van der Waals surface area contributed by atoms with Crippen molar-refractivity contribution in [2.45, 2.75) is 105 Å². The highest BCUT2D eigenvalue weighted by molar-refractivity contribution is 6.53. The molecule has 3 aliphatic rings. The van der Waals surface area contributed by atoms with Crippen LogP contribution < -0.4 is 20.8 Å². The Bertz CT molecular complexity index is 1890. The number of aromatic nitrogens is 2. The average Bonchev–Trinajstić information content (AvgIpc) is 3.86. The number of hydrogen-bond acceptors (Lipinski definition) is 4. The van der Waals surface area contributed by atoms with Crippen LogP contribution in [0.4, 0.5) is 5.69 Å². The van der Waals surface area contributed by atoms with Crippen molar-refractivity contribution in [2.75, 3.05) is 6.61 Å². The number of hydrogen-bond donors (Lipinski definition) is 3. The third kappa shape index (κ3) is 9.03. The van der Waals surface area contributed by atoms with Gasteiger partial charge in [0.25, 0.3) is 0 Å². The van der Waals surface area contributed by atoms with E-state index in [9.17, 15) is 0 Å². The van der Waals surface area contributed by atoms with Gasteiger partial charge >= 0.3 is 0 Å². The molecule has 3 aromatic rings. The van der Waals surface area contributed by atoms with Crippen molar-refractivity contribution in [3.05, 3.63) is 100 Å². The molecule has 49 heavy (non-hydrogen) atoms. The van der Waals surface area contributed by atoms with E-state index in [-0.39, 0.29) is 5.54 Å². The molecule has 0 radical (unpaired) electrons. The van der Waals surface area contributed by atoms with E-state index in [1.54, 1.807) is 0 Å². The van der Waals surface area contributed by atoms with Crippen LogP contribution in [0.25, 0.3) is 18.2 Å². The van der Waals surface area contributed by atoms with Gasteiger partial charge in [-0.3, -0.25) is 0 Å². The second-order valence-electron chi connectivity index (χ2n) is 16.0. The predicted octanol–water partition coefficient (Wildman–Crippen LogP) is 9.30. The highest BCUT2D eigenvalue weighted by Gasteiger charge is 2.32. The second kappa shape index (κ2) is 14.7. The first kappa shape index (κ1) is 34.5. The molecule has 0 saturated carbocycles. The minimum atomic E-state index is -0.253. The van der Waals surface area contributed by atoms with E-state index in [1.165, 1.54) is 44.9 Å². The zero-order valence-corrected chi connectivity index (χ0v) is 30.5. The van der Waals surface area contributed by atoms with Crippen molar-refractivity contribution in [1.82, 2.24) is 15.3 Å². The summed E-state index contributed by atoms with van der Waals surface area (Å²) in [5, 5.41) is 5.90. The monoisotopic (exact) mass is 657 g/mol. The zero-order valence-electron chi connectivity index (χ0n) is 30.5. The Morgan fingerprint density at radius 3 is 2.22 bits per heavy atom. The van der Waals surface area contributed by atoms with E-state index in [1.807, 2.05) is 24.3 Å². The van der Waals surface area contributed by atoms with E-state index in [2.05, 4.69) is 118 Å². The first-order chi connectivity index (χ1) is 23.4. The Morgan fingerprint density at radius 1 is 0.776 bits per heavy atom. The molecule has 5 heterocycles. The molecule has 6 nitrogen and oxygen atoms in total. The van der Waals surface area contributed by atoms with Crippen LogP contribution in [0.15, 0.2) is 88.1 Å². The van der Waals surface area contributed by atoms with Gasteiger partial charge in [-0.2, -0.15) is 0 Å². The topological polar surface area (TPSA) is 77.6 Å². The Kier molecular flexibility index (Phi) is 10.3. The average molecular weight is 658 g/mol. The first-order valence-corrected chi connectivity index (χ1v) is 18.3. The molecule has 2 aromatic heterocycles. The molecule has 6 heteroatoms. The number of nitrogens with one attached hydrogen (secondary N) is 3. The maximum absolute atomic E-state index is 6.11. The molecule has 0 amide bonds. The third-order valence-corrected chi connectivity index (χ3v) is 10.7. The van der Waals surface area contributed by atoms with Gasteiger partial charge in [0.15, 0.2) is 0 Å². The number of rotatable bonds is 12. The molecule has 3 aliphatic heterocycles. The number of nitrogens with zero attached hydrogens (tertiary/aromatic N) is 2. The number of unbranched alkanes of at least 4 members (excludes halogenated alkanes) is 6. The van der Waals surface area contributed by atoms with Crippen LogP contribution in [-0.4, -0.2) is 33.5 Å². The third-order valence-electron chi connectivity index (χ3n) is 10.7. The van der Waals surface area contributed by atoms with Crippen LogP contribution >= 0.6 is 0 Å². The molecule has 1 unspecified atom stereocenters. The quantitative estimate of drug-likeness (QED) is 0.170. The molecule has 6 rings (SSSR count). The van der Waals surface area contributed by atoms with Crippen LogP contribution in [0, 0.1) is 10.8 Å². The van der Waals surface area contributed by atoms with Crippen LogP contribution in [0.5, 0.6) is 5.75 Å². The standard InChI is InChI=1S/C43H55N5O/c1-41(2,3)42(4,5)25-12-10-8-7-9-11-13-27-49-37-21-18-31(19-22-37)47-40-38-23-20-35(46-38)29-33-15-14-32(44-33)28-34-16-17-36(45-34)30-43(6)26-24-39(40)48-43/h14-24,28-30,44-45,48H,7-13,25-27H2,1-6H3. The lowest BCUT2D eigenvalue weighted by atomic mass is 9.67. The summed E-state index contributed by atoms with van der Waals surface area (Å²) in [4.78, 5) is 17.2. The molecule has 0 spiro atoms. The number of aliphatic imine (C=N–C) groups is 2. The summed E-state index contributed by atoms with van der Waals surface area (Å²) in [7, 11) is 0. The first-order valence-electron chi connectivity index (χ1n) is 18.3. The highest BCUT2D eigenvalue weighted by Crippen LogP contribution is 2.42. The Balaban J connectivity index is 1.06. The van der Waals surface area contributed by atoms with Gasteiger partial charge in [-0.25, -0.2) is 9.98 Å². The molecule has 1 aromatic carbocycles. The fourth-order valence-electron chi connectivity index (χ4n) is 6.55. The molecule has 0 saturated heterocycles. The molecule has 3 N–H and O–H groups in total. The molecular weight excluding hydrogens is 603 g/mol. The fourth-order valence-corrected chi connectivity index (χ4v) is 6.55. The minimum absolute atomic E-state index is 0.253. The van der Waals surface area contributed by atoms with Crippen molar-refractivity contribution in [1.29, 1.82) is 0 Å². The van der Waals surface area contributed by atoms with Gasteiger partial charge in [0.05, 0.1) is 34.9 Å². The maximum Gasteiger partial charge on any atom is 0.119 e. The molecule has 0 fully saturated rings. The van der Waals surface area contributed by atoms with Gasteiger partial charge in [0, 0.05) is 22.1 Å². The summed E-state index contributed by atoms with van der Waals surface area (Å²) >= 11 is 0. The van der Waals surface area contributed by atoms with E-state index in [0.717, 1.165) is 75.8 Å². The zero-order chi connectivity index (χ0) is 34.5. The molecule has 258 valence electrons. The lowest BCUT2D eigenvalue weighted by Crippen LogP contribution is -2.39. The second-order valence-corrected chi connectivity index (χ2v) is 16.0. The Hall–Kier alpha value is -4.32. The molecule has 8 bridgehead atoms. The van der Waals surface area contributed by atoms with E-state index in [4.69, 9.17) is 14.7 Å². The van der Waals surface area contributed by atoms with Crippen molar-refractivity contribution >= 4 is 35.3 Å². The fraction of sp³-hybridized carbons (Fsp3) is 0.442. The van der Waals surface area contributed by atoms with Gasteiger partial charge < -0.3 is 20.0 Å². The van der Waals surface area contributed by atoms with Gasteiger partial charge in [0.1, 0.15) is 11.5 Å². The number of aromatic amines is 2. The summed E-state index contributed by atoms with van der Waals surface area (Å²) in [5.41, 5.74) is 7.00. The Labute approximate surface area is 293 Å². The summed E-state index contributed by atoms with van der Waals surface area (Å²) in [5.74, 6) is 0.889. The summed E-state index contributed by atoms with van der Waals surface area (Å²) in [6.45, 7) is 14.9. The van der Waals surface area contributed by atoms with Crippen molar-refractivity contribution in [2.24, 2.45) is 20.8 Å². The predicted molar refractivity (Wildman–Crippen MR) is 207 cm³/mol. The van der Waals surface area contributed by atoms with Crippen LogP contribution in [0.2, 0.25) is 0 Å². The van der Waals surface area contributed by atoms with Gasteiger partial charge in [0.2, 0.25) is 0 Å². The Morgan fingerprint density at radius 2 is 1.47 bits per heavy atom. The maximum atomic E-state index is 6.11. The van der Waals surface area contributed by atoms with Gasteiger partial charge in [-0.15, -0.1) is 0 Å². The largest absolute Gasteiger partial charge is 0.494 e. The normalized spacial score (nSPS) is 19.6.